The van der Waals surface area contributed by atoms with Gasteiger partial charge in [0.15, 0.2) is 0 Å². The Morgan fingerprint density at radius 2 is 1.27 bits per heavy atom. The van der Waals surface area contributed by atoms with Crippen LogP contribution in [0.2, 0.25) is 0 Å². The fourth-order valence-electron chi connectivity index (χ4n) is 5.35. The Labute approximate surface area is 221 Å². The van der Waals surface area contributed by atoms with Crippen LogP contribution in [0.15, 0.2) is 120 Å². The maximum Gasteiger partial charge on any atom is 0.0942 e. The first-order valence-corrected chi connectivity index (χ1v) is 13.4. The third kappa shape index (κ3) is 6.43. The summed E-state index contributed by atoms with van der Waals surface area (Å²) >= 11 is 0. The van der Waals surface area contributed by atoms with Gasteiger partial charge in [0.25, 0.3) is 0 Å². The van der Waals surface area contributed by atoms with Crippen LogP contribution >= 0.6 is 0 Å². The molecule has 1 aliphatic rings. The number of benzene rings is 4. The van der Waals surface area contributed by atoms with Crippen molar-refractivity contribution in [2.75, 3.05) is 13.1 Å². The number of aliphatic imine (C=N–C) groups is 1. The standard InChI is InChI=1S/C34H36N2O/c1-26(36-23-21-28(22-24-36)25-27-11-5-2-6-12-27)34(37)31-17-19-32(20-18-31)35-33(29-13-7-3-8-14-29)30-15-9-4-10-16-30/h2-20,26,28,34,37H,21-25H2,1H3/t26-,34+/m1/s1. The number of aliphatic hydroxyl groups is 1. The van der Waals surface area contributed by atoms with Gasteiger partial charge >= 0.3 is 0 Å². The molecule has 2 atom stereocenters. The molecule has 0 aromatic heterocycles. The van der Waals surface area contributed by atoms with E-state index in [4.69, 9.17) is 4.99 Å². The smallest absolute Gasteiger partial charge is 0.0942 e. The second kappa shape index (κ2) is 12.1. The molecule has 0 saturated carbocycles. The van der Waals surface area contributed by atoms with Gasteiger partial charge in [-0.2, -0.15) is 0 Å². The zero-order valence-corrected chi connectivity index (χ0v) is 21.6. The van der Waals surface area contributed by atoms with Crippen molar-refractivity contribution in [3.63, 3.8) is 0 Å². The SMILES string of the molecule is C[C@H]([C@H](O)c1ccc(N=C(c2ccccc2)c2ccccc2)cc1)N1CCC(Cc2ccccc2)CC1. The first kappa shape index (κ1) is 25.1. The maximum atomic E-state index is 11.2. The Bertz CT molecular complexity index is 1220. The van der Waals surface area contributed by atoms with E-state index in [0.717, 1.165) is 53.5 Å². The maximum absolute atomic E-state index is 11.2. The summed E-state index contributed by atoms with van der Waals surface area (Å²) in [5.74, 6) is 0.726. The summed E-state index contributed by atoms with van der Waals surface area (Å²) < 4.78 is 0. The van der Waals surface area contributed by atoms with Crippen molar-refractivity contribution in [2.24, 2.45) is 10.9 Å². The van der Waals surface area contributed by atoms with Crippen molar-refractivity contribution in [3.8, 4) is 0 Å². The lowest BCUT2D eigenvalue weighted by molar-refractivity contribution is 0.0373. The van der Waals surface area contributed by atoms with Gasteiger partial charge < -0.3 is 5.11 Å². The first-order chi connectivity index (χ1) is 18.2. The van der Waals surface area contributed by atoms with Gasteiger partial charge in [0.1, 0.15) is 0 Å². The van der Waals surface area contributed by atoms with Crippen LogP contribution in [0.1, 0.15) is 48.1 Å². The predicted octanol–water partition coefficient (Wildman–Crippen LogP) is 7.23. The van der Waals surface area contributed by atoms with Crippen LogP contribution in [0.25, 0.3) is 0 Å². The molecule has 1 N–H and O–H groups in total. The summed E-state index contributed by atoms with van der Waals surface area (Å²) in [5, 5.41) is 11.2. The highest BCUT2D eigenvalue weighted by molar-refractivity contribution is 6.13. The van der Waals surface area contributed by atoms with Gasteiger partial charge in [0.2, 0.25) is 0 Å². The molecule has 4 aromatic carbocycles. The minimum absolute atomic E-state index is 0.0798. The quantitative estimate of drug-likeness (QED) is 0.266. The van der Waals surface area contributed by atoms with E-state index in [1.165, 1.54) is 18.4 Å². The Morgan fingerprint density at radius 3 is 1.81 bits per heavy atom. The molecule has 0 unspecified atom stereocenters. The lowest BCUT2D eigenvalue weighted by Gasteiger charge is -2.38. The lowest BCUT2D eigenvalue weighted by atomic mass is 9.89. The van der Waals surface area contributed by atoms with E-state index >= 15 is 0 Å². The summed E-state index contributed by atoms with van der Waals surface area (Å²) in [5.41, 5.74) is 6.37. The first-order valence-electron chi connectivity index (χ1n) is 13.4. The molecule has 3 nitrogen and oxygen atoms in total. The van der Waals surface area contributed by atoms with Crippen LogP contribution in [-0.2, 0) is 6.42 Å². The summed E-state index contributed by atoms with van der Waals surface area (Å²) in [6, 6.07) is 39.5. The van der Waals surface area contributed by atoms with Gasteiger partial charge in [-0.1, -0.05) is 103 Å². The fraction of sp³-hybridized carbons (Fsp3) is 0.265. The molecule has 0 radical (unpaired) electrons. The summed E-state index contributed by atoms with van der Waals surface area (Å²) in [6.07, 6.45) is 3.00. The van der Waals surface area contributed by atoms with E-state index in [0.29, 0.717) is 0 Å². The minimum atomic E-state index is -0.522. The second-order valence-electron chi connectivity index (χ2n) is 10.1. The molecule has 3 heteroatoms. The number of hydrogen-bond donors (Lipinski definition) is 1. The van der Waals surface area contributed by atoms with Gasteiger partial charge in [0.05, 0.1) is 17.5 Å². The molecule has 5 rings (SSSR count). The molecular weight excluding hydrogens is 452 g/mol. The van der Waals surface area contributed by atoms with E-state index in [9.17, 15) is 5.11 Å². The highest BCUT2D eigenvalue weighted by Crippen LogP contribution is 2.29. The van der Waals surface area contributed by atoms with Crippen LogP contribution in [0, 0.1) is 5.92 Å². The zero-order valence-electron chi connectivity index (χ0n) is 21.6. The Kier molecular flexibility index (Phi) is 8.25. The number of aliphatic hydroxyl groups excluding tert-OH is 1. The molecule has 1 aliphatic heterocycles. The van der Waals surface area contributed by atoms with Crippen molar-refractivity contribution < 1.29 is 5.11 Å². The molecule has 4 aromatic rings. The number of piperidine rings is 1. The van der Waals surface area contributed by atoms with Gasteiger partial charge in [-0.25, -0.2) is 4.99 Å². The van der Waals surface area contributed by atoms with Crippen LogP contribution in [0.4, 0.5) is 5.69 Å². The normalized spacial score (nSPS) is 16.2. The van der Waals surface area contributed by atoms with Crippen molar-refractivity contribution >= 4 is 11.4 Å². The van der Waals surface area contributed by atoms with E-state index in [1.807, 2.05) is 60.7 Å². The predicted molar refractivity (Wildman–Crippen MR) is 153 cm³/mol. The van der Waals surface area contributed by atoms with Gasteiger partial charge in [-0.3, -0.25) is 4.90 Å². The Balaban J connectivity index is 1.24. The molecule has 0 bridgehead atoms. The molecule has 1 saturated heterocycles. The average Bonchev–Trinajstić information content (AvgIpc) is 2.97. The molecular formula is C34H36N2O. The molecule has 1 fully saturated rings. The number of nitrogens with zero attached hydrogens (tertiary/aromatic N) is 2. The molecule has 0 aliphatic carbocycles. The highest BCUT2D eigenvalue weighted by Gasteiger charge is 2.27. The largest absolute Gasteiger partial charge is 0.387 e. The van der Waals surface area contributed by atoms with Crippen LogP contribution in [-0.4, -0.2) is 34.8 Å². The number of rotatable bonds is 8. The highest BCUT2D eigenvalue weighted by atomic mass is 16.3. The zero-order chi connectivity index (χ0) is 25.5. The number of hydrogen-bond acceptors (Lipinski definition) is 3. The van der Waals surface area contributed by atoms with Gasteiger partial charge in [0, 0.05) is 17.2 Å². The molecule has 37 heavy (non-hydrogen) atoms. The van der Waals surface area contributed by atoms with Crippen molar-refractivity contribution in [3.05, 3.63) is 138 Å². The molecule has 0 spiro atoms. The summed E-state index contributed by atoms with van der Waals surface area (Å²) in [4.78, 5) is 7.45. The third-order valence-electron chi connectivity index (χ3n) is 7.62. The van der Waals surface area contributed by atoms with Crippen molar-refractivity contribution in [2.45, 2.75) is 38.3 Å². The van der Waals surface area contributed by atoms with Gasteiger partial charge in [-0.05, 0) is 68.5 Å². The van der Waals surface area contributed by atoms with Crippen molar-refractivity contribution in [1.82, 2.24) is 4.90 Å². The minimum Gasteiger partial charge on any atom is -0.387 e. The monoisotopic (exact) mass is 488 g/mol. The third-order valence-corrected chi connectivity index (χ3v) is 7.62. The van der Waals surface area contributed by atoms with E-state index in [-0.39, 0.29) is 6.04 Å². The van der Waals surface area contributed by atoms with Gasteiger partial charge in [-0.15, -0.1) is 0 Å². The number of likely N-dealkylation sites (tertiary alicyclic amines) is 1. The molecule has 188 valence electrons. The second-order valence-corrected chi connectivity index (χ2v) is 10.1. The summed E-state index contributed by atoms with van der Waals surface area (Å²) in [6.45, 7) is 4.22. The lowest BCUT2D eigenvalue weighted by Crippen LogP contribution is -2.43. The molecule has 1 heterocycles. The topological polar surface area (TPSA) is 35.8 Å². The summed E-state index contributed by atoms with van der Waals surface area (Å²) in [7, 11) is 0. The van der Waals surface area contributed by atoms with Crippen LogP contribution < -0.4 is 0 Å². The van der Waals surface area contributed by atoms with E-state index in [2.05, 4.69) is 66.4 Å². The molecule has 0 amide bonds. The average molecular weight is 489 g/mol. The van der Waals surface area contributed by atoms with E-state index in [1.54, 1.807) is 0 Å². The van der Waals surface area contributed by atoms with Crippen LogP contribution in [0.5, 0.6) is 0 Å². The fourth-order valence-corrected chi connectivity index (χ4v) is 5.35. The van der Waals surface area contributed by atoms with E-state index < -0.39 is 6.10 Å². The Hall–Kier alpha value is -3.53. The Morgan fingerprint density at radius 1 is 0.757 bits per heavy atom. The van der Waals surface area contributed by atoms with Crippen LogP contribution in [0.3, 0.4) is 0 Å². The van der Waals surface area contributed by atoms with Crippen molar-refractivity contribution in [1.29, 1.82) is 0 Å².